The summed E-state index contributed by atoms with van der Waals surface area (Å²) in [5.41, 5.74) is 0.909. The Morgan fingerprint density at radius 1 is 1.28 bits per heavy atom. The largest absolute Gasteiger partial charge is 0.467 e. The third kappa shape index (κ3) is 5.94. The SMILES string of the molecule is COCCN(CC(=O)N1N=C(c2ccc(F)cc2)C[C@@H]1c1ccco1)C(=O)NC(C)(C)C. The van der Waals surface area contributed by atoms with Crippen LogP contribution >= 0.6 is 0 Å². The number of rotatable bonds is 7. The number of hydrogen-bond donors (Lipinski definition) is 1. The molecule has 0 fully saturated rings. The maximum atomic E-state index is 13.3. The van der Waals surface area contributed by atoms with Gasteiger partial charge in [-0.2, -0.15) is 5.10 Å². The Balaban J connectivity index is 1.83. The summed E-state index contributed by atoms with van der Waals surface area (Å²) in [4.78, 5) is 27.4. The van der Waals surface area contributed by atoms with Crippen molar-refractivity contribution in [3.63, 3.8) is 0 Å². The molecule has 172 valence electrons. The third-order valence-electron chi connectivity index (χ3n) is 4.88. The van der Waals surface area contributed by atoms with Crippen molar-refractivity contribution >= 4 is 17.6 Å². The summed E-state index contributed by atoms with van der Waals surface area (Å²) in [6.45, 7) is 5.97. The molecule has 1 aromatic heterocycles. The van der Waals surface area contributed by atoms with E-state index >= 15 is 0 Å². The van der Waals surface area contributed by atoms with E-state index in [-0.39, 0.29) is 37.5 Å². The van der Waals surface area contributed by atoms with Gasteiger partial charge in [-0.3, -0.25) is 4.79 Å². The fraction of sp³-hybridized carbons (Fsp3) is 0.435. The van der Waals surface area contributed by atoms with E-state index in [0.717, 1.165) is 5.56 Å². The number of nitrogens with one attached hydrogen (secondary N) is 1. The van der Waals surface area contributed by atoms with Gasteiger partial charge in [0.15, 0.2) is 0 Å². The maximum absolute atomic E-state index is 13.3. The Morgan fingerprint density at radius 3 is 2.59 bits per heavy atom. The summed E-state index contributed by atoms with van der Waals surface area (Å²) in [6.07, 6.45) is 1.95. The zero-order valence-corrected chi connectivity index (χ0v) is 18.8. The molecule has 1 aromatic carbocycles. The average molecular weight is 445 g/mol. The van der Waals surface area contributed by atoms with Gasteiger partial charge in [-0.1, -0.05) is 12.1 Å². The summed E-state index contributed by atoms with van der Waals surface area (Å²) in [6, 6.07) is 8.68. The fourth-order valence-corrected chi connectivity index (χ4v) is 3.35. The lowest BCUT2D eigenvalue weighted by atomic mass is 10.0. The molecule has 0 bridgehead atoms. The monoisotopic (exact) mass is 444 g/mol. The highest BCUT2D eigenvalue weighted by molar-refractivity contribution is 6.03. The molecule has 1 aliphatic rings. The molecule has 1 N–H and O–H groups in total. The van der Waals surface area contributed by atoms with Gasteiger partial charge in [0.05, 0.1) is 18.6 Å². The highest BCUT2D eigenvalue weighted by atomic mass is 19.1. The van der Waals surface area contributed by atoms with Crippen LogP contribution in [0.2, 0.25) is 0 Å². The van der Waals surface area contributed by atoms with Gasteiger partial charge in [-0.25, -0.2) is 14.2 Å². The number of carbonyl (C=O) groups excluding carboxylic acids is 2. The van der Waals surface area contributed by atoms with Crippen molar-refractivity contribution in [1.29, 1.82) is 0 Å². The van der Waals surface area contributed by atoms with Gasteiger partial charge < -0.3 is 19.4 Å². The fourth-order valence-electron chi connectivity index (χ4n) is 3.35. The first-order chi connectivity index (χ1) is 15.2. The van der Waals surface area contributed by atoms with Gasteiger partial charge in [-0.15, -0.1) is 0 Å². The molecule has 3 rings (SSSR count). The second-order valence-corrected chi connectivity index (χ2v) is 8.62. The van der Waals surface area contributed by atoms with Crippen LogP contribution < -0.4 is 5.32 Å². The van der Waals surface area contributed by atoms with E-state index in [1.165, 1.54) is 35.4 Å². The lowest BCUT2D eigenvalue weighted by molar-refractivity contribution is -0.134. The van der Waals surface area contributed by atoms with Gasteiger partial charge >= 0.3 is 6.03 Å². The first kappa shape index (κ1) is 23.5. The smallest absolute Gasteiger partial charge is 0.318 e. The van der Waals surface area contributed by atoms with E-state index in [1.807, 2.05) is 20.8 Å². The van der Waals surface area contributed by atoms with Crippen LogP contribution in [0.4, 0.5) is 9.18 Å². The lowest BCUT2D eigenvalue weighted by Crippen LogP contribution is -2.52. The Bertz CT molecular complexity index is 951. The van der Waals surface area contributed by atoms with Crippen LogP contribution in [0.15, 0.2) is 52.2 Å². The molecule has 0 aliphatic carbocycles. The minimum absolute atomic E-state index is 0.178. The van der Waals surface area contributed by atoms with Crippen molar-refractivity contribution in [2.75, 3.05) is 26.8 Å². The number of hydrazone groups is 1. The Labute approximate surface area is 187 Å². The number of nitrogens with zero attached hydrogens (tertiary/aromatic N) is 3. The van der Waals surface area contributed by atoms with Gasteiger partial charge in [0.1, 0.15) is 24.2 Å². The number of amides is 3. The molecule has 0 spiro atoms. The van der Waals surface area contributed by atoms with Crippen molar-refractivity contribution in [1.82, 2.24) is 15.2 Å². The van der Waals surface area contributed by atoms with Gasteiger partial charge in [-0.05, 0) is 50.6 Å². The van der Waals surface area contributed by atoms with Crippen molar-refractivity contribution in [2.24, 2.45) is 5.10 Å². The first-order valence-electron chi connectivity index (χ1n) is 10.4. The molecule has 0 saturated heterocycles. The topological polar surface area (TPSA) is 87.4 Å². The molecule has 9 heteroatoms. The molecule has 8 nitrogen and oxygen atoms in total. The van der Waals surface area contributed by atoms with Gasteiger partial charge in [0, 0.05) is 25.6 Å². The van der Waals surface area contributed by atoms with Crippen LogP contribution in [0.25, 0.3) is 0 Å². The Kier molecular flexibility index (Phi) is 7.29. The number of ether oxygens (including phenoxy) is 1. The molecule has 3 amide bonds. The van der Waals surface area contributed by atoms with E-state index < -0.39 is 11.6 Å². The summed E-state index contributed by atoms with van der Waals surface area (Å²) in [7, 11) is 1.54. The highest BCUT2D eigenvalue weighted by Gasteiger charge is 2.36. The lowest BCUT2D eigenvalue weighted by Gasteiger charge is -2.29. The Hall–Kier alpha value is -3.20. The number of methoxy groups -OCH3 is 1. The molecule has 1 aliphatic heterocycles. The molecule has 1 atom stereocenters. The second kappa shape index (κ2) is 9.95. The van der Waals surface area contributed by atoms with Gasteiger partial charge in [0.25, 0.3) is 5.91 Å². The molecular weight excluding hydrogens is 415 g/mol. The molecule has 0 saturated carbocycles. The number of halogens is 1. The first-order valence-corrected chi connectivity index (χ1v) is 10.4. The summed E-state index contributed by atoms with van der Waals surface area (Å²) in [5, 5.41) is 8.74. The van der Waals surface area contributed by atoms with Crippen LogP contribution in [0.3, 0.4) is 0 Å². The van der Waals surface area contributed by atoms with E-state index in [1.54, 1.807) is 24.3 Å². The summed E-state index contributed by atoms with van der Waals surface area (Å²) < 4.78 is 24.0. The number of benzene rings is 1. The van der Waals surface area contributed by atoms with Crippen LogP contribution in [-0.2, 0) is 9.53 Å². The highest BCUT2D eigenvalue weighted by Crippen LogP contribution is 2.33. The zero-order valence-electron chi connectivity index (χ0n) is 18.8. The quantitative estimate of drug-likeness (QED) is 0.708. The molecular formula is C23H29FN4O4. The van der Waals surface area contributed by atoms with Crippen LogP contribution in [-0.4, -0.2) is 59.9 Å². The second-order valence-electron chi connectivity index (χ2n) is 8.62. The predicted octanol–water partition coefficient (Wildman–Crippen LogP) is 3.55. The van der Waals surface area contributed by atoms with E-state index in [9.17, 15) is 14.0 Å². The number of carbonyl (C=O) groups is 2. The summed E-state index contributed by atoms with van der Waals surface area (Å²) >= 11 is 0. The normalized spacial score (nSPS) is 16.1. The van der Waals surface area contributed by atoms with Crippen LogP contribution in [0, 0.1) is 5.82 Å². The van der Waals surface area contributed by atoms with Crippen molar-refractivity contribution < 1.29 is 23.1 Å². The van der Waals surface area contributed by atoms with Gasteiger partial charge in [0.2, 0.25) is 0 Å². The Morgan fingerprint density at radius 2 is 2.00 bits per heavy atom. The zero-order chi connectivity index (χ0) is 23.3. The molecule has 2 aromatic rings. The molecule has 0 radical (unpaired) electrons. The molecule has 32 heavy (non-hydrogen) atoms. The number of hydrogen-bond acceptors (Lipinski definition) is 5. The van der Waals surface area contributed by atoms with Crippen LogP contribution in [0.5, 0.6) is 0 Å². The van der Waals surface area contributed by atoms with Crippen molar-refractivity contribution in [3.8, 4) is 0 Å². The predicted molar refractivity (Wildman–Crippen MR) is 118 cm³/mol. The van der Waals surface area contributed by atoms with Crippen LogP contribution in [0.1, 0.15) is 44.6 Å². The summed E-state index contributed by atoms with van der Waals surface area (Å²) in [5.74, 6) is -0.119. The maximum Gasteiger partial charge on any atom is 0.318 e. The van der Waals surface area contributed by atoms with E-state index in [0.29, 0.717) is 17.9 Å². The number of furan rings is 1. The van der Waals surface area contributed by atoms with E-state index in [4.69, 9.17) is 9.15 Å². The molecule has 0 unspecified atom stereocenters. The standard InChI is InChI=1S/C23H29FN4O4/c1-23(2,3)25-22(30)27(11-13-31-4)15-21(29)28-19(20-6-5-12-32-20)14-18(26-28)16-7-9-17(24)10-8-16/h5-10,12,19H,11,13-15H2,1-4H3,(H,25,30)/t19-/m1/s1. The minimum atomic E-state index is -0.455. The number of urea groups is 1. The van der Waals surface area contributed by atoms with E-state index in [2.05, 4.69) is 10.4 Å². The van der Waals surface area contributed by atoms with Crippen molar-refractivity contribution in [2.45, 2.75) is 38.8 Å². The third-order valence-corrected chi connectivity index (χ3v) is 4.88. The van der Waals surface area contributed by atoms with Crippen molar-refractivity contribution in [3.05, 3.63) is 59.8 Å². The average Bonchev–Trinajstić information content (AvgIpc) is 3.40. The minimum Gasteiger partial charge on any atom is -0.467 e. The molecule has 2 heterocycles.